The van der Waals surface area contributed by atoms with Gasteiger partial charge in [0.25, 0.3) is 0 Å². The summed E-state index contributed by atoms with van der Waals surface area (Å²) in [7, 11) is -1.58. The van der Waals surface area contributed by atoms with Gasteiger partial charge in [-0.05, 0) is 18.1 Å². The molecule has 0 amide bonds. The van der Waals surface area contributed by atoms with Gasteiger partial charge in [-0.3, -0.25) is 0 Å². The van der Waals surface area contributed by atoms with Crippen molar-refractivity contribution in [3.8, 4) is 0 Å². The van der Waals surface area contributed by atoms with Crippen LogP contribution in [0.15, 0.2) is 0 Å². The summed E-state index contributed by atoms with van der Waals surface area (Å²) in [6, 6.07) is 0. The molecular weight excluding hydrogens is 427 g/mol. The molecule has 0 radical (unpaired) electrons. The number of halogens is 2. The van der Waals surface area contributed by atoms with Crippen LogP contribution in [0.4, 0.5) is 0 Å². The molecule has 0 atom stereocenters. The van der Waals surface area contributed by atoms with E-state index in [1.165, 1.54) is 0 Å². The molecule has 0 heterocycles. The molecule has 0 saturated carbocycles. The fourth-order valence-corrected chi connectivity index (χ4v) is 2.43. The van der Waals surface area contributed by atoms with Gasteiger partial charge in [-0.15, -0.1) is 23.2 Å². The SMILES string of the molecule is CC(C)(C)[Si](C)(C)OCCOCCCl.OCCOCCCl.OCCOCCO. The van der Waals surface area contributed by atoms with E-state index in [1.54, 1.807) is 0 Å². The molecule has 0 bridgehead atoms. The summed E-state index contributed by atoms with van der Waals surface area (Å²) >= 11 is 10.7. The quantitative estimate of drug-likeness (QED) is 0.204. The maximum atomic E-state index is 8.12. The standard InChI is InChI=1S/C10H23ClO2Si.C4H9ClO2.C4H10O3/c1-10(2,3)14(4,5)13-9-8-12-7-6-11;2*5-1-3-7-4-2-6/h6-9H2,1-5H3;6H,1-4H2;5-6H,1-4H2. The molecule has 28 heavy (non-hydrogen) atoms. The zero-order chi connectivity index (χ0) is 22.3. The van der Waals surface area contributed by atoms with Crippen LogP contribution in [-0.4, -0.2) is 101 Å². The van der Waals surface area contributed by atoms with Crippen molar-refractivity contribution in [1.82, 2.24) is 0 Å². The third-order valence-electron chi connectivity index (χ3n) is 3.65. The second-order valence-corrected chi connectivity index (χ2v) is 12.6. The van der Waals surface area contributed by atoms with Crippen LogP contribution in [-0.2, 0) is 18.6 Å². The summed E-state index contributed by atoms with van der Waals surface area (Å²) in [5, 5.41) is 24.6. The second kappa shape index (κ2) is 23.8. The molecule has 0 aromatic rings. The molecule has 0 aliphatic heterocycles. The molecule has 7 nitrogen and oxygen atoms in total. The topological polar surface area (TPSA) is 97.6 Å². The van der Waals surface area contributed by atoms with E-state index in [0.29, 0.717) is 58.0 Å². The number of aliphatic hydroxyl groups is 3. The highest BCUT2D eigenvalue weighted by atomic mass is 35.5. The first-order valence-corrected chi connectivity index (χ1v) is 13.4. The highest BCUT2D eigenvalue weighted by Crippen LogP contribution is 2.36. The first-order chi connectivity index (χ1) is 13.1. The molecule has 0 rings (SSSR count). The Morgan fingerprint density at radius 3 is 1.32 bits per heavy atom. The van der Waals surface area contributed by atoms with Gasteiger partial charge in [0, 0.05) is 11.8 Å². The lowest BCUT2D eigenvalue weighted by molar-refractivity contribution is 0.0650. The van der Waals surface area contributed by atoms with Gasteiger partial charge >= 0.3 is 0 Å². The van der Waals surface area contributed by atoms with Crippen LogP contribution in [0.5, 0.6) is 0 Å². The van der Waals surface area contributed by atoms with Crippen molar-refractivity contribution in [1.29, 1.82) is 0 Å². The van der Waals surface area contributed by atoms with Crippen molar-refractivity contribution in [3.05, 3.63) is 0 Å². The van der Waals surface area contributed by atoms with E-state index in [0.717, 1.165) is 0 Å². The summed E-state index contributed by atoms with van der Waals surface area (Å²) < 4.78 is 20.5. The number of alkyl halides is 2. The van der Waals surface area contributed by atoms with E-state index < -0.39 is 8.32 Å². The van der Waals surface area contributed by atoms with Gasteiger partial charge in [0.05, 0.1) is 66.1 Å². The third kappa shape index (κ3) is 26.5. The fourth-order valence-electron chi connectivity index (χ4n) is 1.18. The smallest absolute Gasteiger partial charge is 0.192 e. The highest BCUT2D eigenvalue weighted by Gasteiger charge is 2.36. The molecular formula is C18H42Cl2O7Si. The fraction of sp³-hybridized carbons (Fsp3) is 1.00. The van der Waals surface area contributed by atoms with Crippen molar-refractivity contribution in [3.63, 3.8) is 0 Å². The van der Waals surface area contributed by atoms with Gasteiger partial charge in [0.15, 0.2) is 8.32 Å². The van der Waals surface area contributed by atoms with Gasteiger partial charge in [-0.2, -0.15) is 0 Å². The Bertz CT molecular complexity index is 276. The van der Waals surface area contributed by atoms with E-state index in [4.69, 9.17) is 52.4 Å². The van der Waals surface area contributed by atoms with Crippen molar-refractivity contribution < 1.29 is 34.0 Å². The van der Waals surface area contributed by atoms with E-state index in [-0.39, 0.29) is 24.9 Å². The molecule has 3 N–H and O–H groups in total. The van der Waals surface area contributed by atoms with Gasteiger partial charge in [-0.1, -0.05) is 20.8 Å². The Morgan fingerprint density at radius 1 is 0.643 bits per heavy atom. The zero-order valence-electron chi connectivity index (χ0n) is 18.2. The van der Waals surface area contributed by atoms with Crippen molar-refractivity contribution in [2.24, 2.45) is 0 Å². The Labute approximate surface area is 182 Å². The number of rotatable bonds is 14. The summed E-state index contributed by atoms with van der Waals surface area (Å²) in [4.78, 5) is 0. The number of aliphatic hydroxyl groups excluding tert-OH is 3. The third-order valence-corrected chi connectivity index (χ3v) is 8.49. The van der Waals surface area contributed by atoms with Crippen LogP contribution in [0.3, 0.4) is 0 Å². The van der Waals surface area contributed by atoms with E-state index >= 15 is 0 Å². The average molecular weight is 470 g/mol. The van der Waals surface area contributed by atoms with Gasteiger partial charge < -0.3 is 34.0 Å². The van der Waals surface area contributed by atoms with Crippen LogP contribution >= 0.6 is 23.2 Å². The molecule has 0 aliphatic rings. The molecule has 0 spiro atoms. The Hall–Kier alpha value is 0.517. The lowest BCUT2D eigenvalue weighted by Crippen LogP contribution is -2.41. The molecule has 174 valence electrons. The lowest BCUT2D eigenvalue weighted by Gasteiger charge is -2.36. The van der Waals surface area contributed by atoms with Crippen LogP contribution < -0.4 is 0 Å². The molecule has 0 aromatic heterocycles. The normalized spacial score (nSPS) is 11.4. The number of hydrogen-bond donors (Lipinski definition) is 3. The summed E-state index contributed by atoms with van der Waals surface area (Å²) in [6.07, 6.45) is 0. The highest BCUT2D eigenvalue weighted by molar-refractivity contribution is 6.74. The minimum atomic E-state index is -1.58. The molecule has 0 saturated heterocycles. The van der Waals surface area contributed by atoms with Crippen LogP contribution in [0.2, 0.25) is 18.1 Å². The first-order valence-electron chi connectivity index (χ1n) is 9.46. The van der Waals surface area contributed by atoms with Crippen molar-refractivity contribution in [2.45, 2.75) is 38.9 Å². The van der Waals surface area contributed by atoms with Gasteiger partial charge in [0.2, 0.25) is 0 Å². The Balaban J connectivity index is -0.000000375. The van der Waals surface area contributed by atoms with Crippen LogP contribution in [0, 0.1) is 0 Å². The van der Waals surface area contributed by atoms with E-state index in [1.807, 2.05) is 0 Å². The molecule has 0 aromatic carbocycles. The monoisotopic (exact) mass is 468 g/mol. The molecule has 10 heteroatoms. The maximum Gasteiger partial charge on any atom is 0.192 e. The zero-order valence-corrected chi connectivity index (χ0v) is 20.7. The summed E-state index contributed by atoms with van der Waals surface area (Å²) in [5.74, 6) is 1.06. The van der Waals surface area contributed by atoms with Gasteiger partial charge in [-0.25, -0.2) is 0 Å². The van der Waals surface area contributed by atoms with E-state index in [2.05, 4.69) is 38.6 Å². The summed E-state index contributed by atoms with van der Waals surface area (Å²) in [6.45, 7) is 14.8. The minimum Gasteiger partial charge on any atom is -0.414 e. The predicted molar refractivity (Wildman–Crippen MR) is 118 cm³/mol. The molecule has 0 unspecified atom stereocenters. The van der Waals surface area contributed by atoms with Crippen molar-refractivity contribution in [2.75, 3.05) is 77.8 Å². The summed E-state index contributed by atoms with van der Waals surface area (Å²) in [5.41, 5.74) is 0. The first kappa shape index (κ1) is 33.2. The Kier molecular flexibility index (Phi) is 28.2. The van der Waals surface area contributed by atoms with Crippen molar-refractivity contribution >= 4 is 31.5 Å². The second-order valence-electron chi connectivity index (χ2n) is 6.99. The Morgan fingerprint density at radius 2 is 1.00 bits per heavy atom. The van der Waals surface area contributed by atoms with Gasteiger partial charge in [0.1, 0.15) is 0 Å². The average Bonchev–Trinajstić information content (AvgIpc) is 2.63. The number of ether oxygens (including phenoxy) is 3. The van der Waals surface area contributed by atoms with Crippen LogP contribution in [0.1, 0.15) is 20.8 Å². The number of hydrogen-bond acceptors (Lipinski definition) is 7. The van der Waals surface area contributed by atoms with Crippen LogP contribution in [0.25, 0.3) is 0 Å². The lowest BCUT2D eigenvalue weighted by atomic mass is 10.2. The predicted octanol–water partition coefficient (Wildman–Crippen LogP) is 2.49. The van der Waals surface area contributed by atoms with E-state index in [9.17, 15) is 0 Å². The molecule has 0 fully saturated rings. The minimum absolute atomic E-state index is 0.0278. The maximum absolute atomic E-state index is 8.12. The largest absolute Gasteiger partial charge is 0.414 e. The molecule has 0 aliphatic carbocycles.